The monoisotopic (exact) mass is 325 g/mol. The van der Waals surface area contributed by atoms with Crippen molar-refractivity contribution < 1.29 is 13.0 Å². The standard InChI is InChI=1S/C16H11N3O3S/c17-16-18-13-6-5-11-7-9-3-1-2-4-10(9)8-12(11)14(13)15(19-16)23(20,21)22/h1-8H,(H2,17,18,19)(H,20,21,22). The molecule has 4 aromatic rings. The maximum Gasteiger partial charge on any atom is 0.312 e. The number of rotatable bonds is 1. The molecule has 23 heavy (non-hydrogen) atoms. The Balaban J connectivity index is 2.29. The van der Waals surface area contributed by atoms with Gasteiger partial charge in [-0.1, -0.05) is 30.3 Å². The average molecular weight is 325 g/mol. The van der Waals surface area contributed by atoms with Gasteiger partial charge in [-0.25, -0.2) is 4.98 Å². The molecule has 0 aliphatic rings. The molecule has 0 spiro atoms. The maximum atomic E-state index is 11.7. The third kappa shape index (κ3) is 2.18. The van der Waals surface area contributed by atoms with Crippen molar-refractivity contribution in [1.29, 1.82) is 0 Å². The highest BCUT2D eigenvalue weighted by atomic mass is 32.2. The Morgan fingerprint density at radius 3 is 2.30 bits per heavy atom. The Morgan fingerprint density at radius 2 is 1.61 bits per heavy atom. The van der Waals surface area contributed by atoms with Crippen LogP contribution in [0.25, 0.3) is 32.4 Å². The second-order valence-corrected chi connectivity index (χ2v) is 6.58. The lowest BCUT2D eigenvalue weighted by Gasteiger charge is -2.09. The molecule has 1 heterocycles. The van der Waals surface area contributed by atoms with Crippen molar-refractivity contribution in [3.8, 4) is 0 Å². The summed E-state index contributed by atoms with van der Waals surface area (Å²) in [5, 5.41) is 3.25. The van der Waals surface area contributed by atoms with Gasteiger partial charge >= 0.3 is 10.1 Å². The number of benzene rings is 3. The second-order valence-electron chi connectivity index (χ2n) is 5.24. The maximum absolute atomic E-state index is 11.7. The highest BCUT2D eigenvalue weighted by Gasteiger charge is 2.20. The van der Waals surface area contributed by atoms with E-state index < -0.39 is 15.1 Å². The average Bonchev–Trinajstić information content (AvgIpc) is 2.51. The van der Waals surface area contributed by atoms with Crippen LogP contribution in [0.1, 0.15) is 0 Å². The van der Waals surface area contributed by atoms with Crippen LogP contribution in [0.4, 0.5) is 5.95 Å². The minimum atomic E-state index is -4.53. The zero-order valence-corrected chi connectivity index (χ0v) is 12.6. The van der Waals surface area contributed by atoms with Crippen molar-refractivity contribution in [1.82, 2.24) is 9.97 Å². The van der Waals surface area contributed by atoms with Gasteiger partial charge in [0.25, 0.3) is 0 Å². The lowest BCUT2D eigenvalue weighted by Crippen LogP contribution is -2.07. The van der Waals surface area contributed by atoms with Crippen LogP contribution in [-0.4, -0.2) is 22.9 Å². The summed E-state index contributed by atoms with van der Waals surface area (Å²) < 4.78 is 32.9. The zero-order valence-electron chi connectivity index (χ0n) is 11.8. The quantitative estimate of drug-likeness (QED) is 0.241. The third-order valence-electron chi connectivity index (χ3n) is 3.77. The van der Waals surface area contributed by atoms with Gasteiger partial charge < -0.3 is 5.73 Å². The van der Waals surface area contributed by atoms with Gasteiger partial charge in [0.05, 0.1) is 5.52 Å². The molecule has 7 heteroatoms. The van der Waals surface area contributed by atoms with Crippen LogP contribution in [0, 0.1) is 0 Å². The van der Waals surface area contributed by atoms with E-state index in [0.29, 0.717) is 10.9 Å². The number of nitrogens with two attached hydrogens (primary N) is 1. The molecule has 0 radical (unpaired) electrons. The normalized spacial score (nSPS) is 12.2. The molecule has 0 saturated carbocycles. The van der Waals surface area contributed by atoms with E-state index in [-0.39, 0.29) is 11.3 Å². The van der Waals surface area contributed by atoms with Crippen molar-refractivity contribution in [3.05, 3.63) is 48.5 Å². The molecule has 114 valence electrons. The van der Waals surface area contributed by atoms with Gasteiger partial charge in [0.2, 0.25) is 5.95 Å². The molecule has 0 aliphatic heterocycles. The van der Waals surface area contributed by atoms with Gasteiger partial charge in [-0.05, 0) is 39.7 Å². The molecule has 3 N–H and O–H groups in total. The first-order chi connectivity index (χ1) is 10.9. The molecular weight excluding hydrogens is 314 g/mol. The molecule has 0 bridgehead atoms. The highest BCUT2D eigenvalue weighted by molar-refractivity contribution is 7.86. The van der Waals surface area contributed by atoms with Gasteiger partial charge in [0.15, 0.2) is 5.03 Å². The van der Waals surface area contributed by atoms with E-state index >= 15 is 0 Å². The van der Waals surface area contributed by atoms with Gasteiger partial charge in [-0.15, -0.1) is 0 Å². The summed E-state index contributed by atoms with van der Waals surface area (Å²) in [6.07, 6.45) is 0. The smallest absolute Gasteiger partial charge is 0.312 e. The molecule has 0 saturated heterocycles. The number of fused-ring (bicyclic) bond motifs is 4. The first-order valence-corrected chi connectivity index (χ1v) is 8.24. The first-order valence-electron chi connectivity index (χ1n) is 6.80. The Morgan fingerprint density at radius 1 is 0.913 bits per heavy atom. The fourth-order valence-electron chi connectivity index (χ4n) is 2.82. The van der Waals surface area contributed by atoms with E-state index in [1.807, 2.05) is 42.5 Å². The van der Waals surface area contributed by atoms with Crippen LogP contribution < -0.4 is 5.73 Å². The molecule has 0 fully saturated rings. The van der Waals surface area contributed by atoms with E-state index in [9.17, 15) is 13.0 Å². The third-order valence-corrected chi connectivity index (χ3v) is 4.56. The van der Waals surface area contributed by atoms with Crippen molar-refractivity contribution in [3.63, 3.8) is 0 Å². The SMILES string of the molecule is Nc1nc(S(=O)(=O)O)c2c(ccc3cc4ccccc4cc32)n1. The Hall–Kier alpha value is -2.77. The molecule has 0 amide bonds. The molecule has 6 nitrogen and oxygen atoms in total. The van der Waals surface area contributed by atoms with E-state index in [1.54, 1.807) is 6.07 Å². The summed E-state index contributed by atoms with van der Waals surface area (Å²) in [5.41, 5.74) is 5.93. The van der Waals surface area contributed by atoms with E-state index in [2.05, 4.69) is 9.97 Å². The number of aromatic nitrogens is 2. The summed E-state index contributed by atoms with van der Waals surface area (Å²) in [5.74, 6) is -0.203. The molecule has 4 rings (SSSR count). The Bertz CT molecular complexity index is 1200. The van der Waals surface area contributed by atoms with E-state index in [1.165, 1.54) is 0 Å². The van der Waals surface area contributed by atoms with Crippen LogP contribution in [-0.2, 0) is 10.1 Å². The topological polar surface area (TPSA) is 106 Å². The van der Waals surface area contributed by atoms with Gasteiger partial charge in [-0.2, -0.15) is 13.4 Å². The molecule has 0 aliphatic carbocycles. The summed E-state index contributed by atoms with van der Waals surface area (Å²) in [4.78, 5) is 7.80. The van der Waals surface area contributed by atoms with Crippen molar-refractivity contribution in [2.75, 3.05) is 5.73 Å². The minimum Gasteiger partial charge on any atom is -0.368 e. The van der Waals surface area contributed by atoms with Crippen molar-refractivity contribution in [2.45, 2.75) is 5.03 Å². The lowest BCUT2D eigenvalue weighted by molar-refractivity contribution is 0.480. The summed E-state index contributed by atoms with van der Waals surface area (Å²) in [6.45, 7) is 0. The molecule has 0 unspecified atom stereocenters. The molecule has 0 atom stereocenters. The number of nitrogen functional groups attached to an aromatic ring is 1. The number of hydrogen-bond donors (Lipinski definition) is 2. The fourth-order valence-corrected chi connectivity index (χ4v) is 3.50. The van der Waals surface area contributed by atoms with Gasteiger partial charge in [0, 0.05) is 5.39 Å². The fraction of sp³-hybridized carbons (Fsp3) is 0. The van der Waals surface area contributed by atoms with Crippen molar-refractivity contribution >= 4 is 48.5 Å². The van der Waals surface area contributed by atoms with E-state index in [4.69, 9.17) is 5.73 Å². The van der Waals surface area contributed by atoms with Crippen molar-refractivity contribution in [2.24, 2.45) is 0 Å². The van der Waals surface area contributed by atoms with Crippen LogP contribution in [0.5, 0.6) is 0 Å². The highest BCUT2D eigenvalue weighted by Crippen LogP contribution is 2.32. The molecule has 1 aromatic heterocycles. The number of anilines is 1. The van der Waals surface area contributed by atoms with Crippen LogP contribution >= 0.6 is 0 Å². The predicted molar refractivity (Wildman–Crippen MR) is 88.8 cm³/mol. The van der Waals surface area contributed by atoms with Gasteiger partial charge in [-0.3, -0.25) is 4.55 Å². The lowest BCUT2D eigenvalue weighted by atomic mass is 10.0. The predicted octanol–water partition coefficient (Wildman–Crippen LogP) is 2.77. The summed E-state index contributed by atoms with van der Waals surface area (Å²) >= 11 is 0. The van der Waals surface area contributed by atoms with Crippen LogP contribution in [0.3, 0.4) is 0 Å². The van der Waals surface area contributed by atoms with Gasteiger partial charge in [0.1, 0.15) is 0 Å². The Labute approximate surface area is 131 Å². The first kappa shape index (κ1) is 13.9. The Kier molecular flexibility index (Phi) is 2.78. The summed E-state index contributed by atoms with van der Waals surface area (Å²) in [6, 6.07) is 15.1. The second kappa shape index (κ2) is 4.61. The molecule has 3 aromatic carbocycles. The number of nitrogens with zero attached hydrogens (tertiary/aromatic N) is 2. The van der Waals surface area contributed by atoms with Crippen LogP contribution in [0.15, 0.2) is 53.6 Å². The molecular formula is C16H11N3O3S. The minimum absolute atomic E-state index is 0.203. The zero-order chi connectivity index (χ0) is 16.2. The van der Waals surface area contributed by atoms with E-state index in [0.717, 1.165) is 16.2 Å². The number of hydrogen-bond acceptors (Lipinski definition) is 5. The largest absolute Gasteiger partial charge is 0.368 e. The summed E-state index contributed by atoms with van der Waals surface area (Å²) in [7, 11) is -4.53. The van der Waals surface area contributed by atoms with Crippen LogP contribution in [0.2, 0.25) is 0 Å².